The fourth-order valence-corrected chi connectivity index (χ4v) is 1.51. The third kappa shape index (κ3) is 3.99. The van der Waals surface area contributed by atoms with Crippen molar-refractivity contribution in [3.05, 3.63) is 23.5 Å². The quantitative estimate of drug-likeness (QED) is 0.720. The van der Waals surface area contributed by atoms with Crippen molar-refractivity contribution in [3.8, 4) is 5.75 Å². The van der Waals surface area contributed by atoms with Crippen molar-refractivity contribution in [3.63, 3.8) is 0 Å². The van der Waals surface area contributed by atoms with Crippen LogP contribution < -0.4 is 4.74 Å². The number of halogens is 1. The van der Waals surface area contributed by atoms with Gasteiger partial charge in [0.1, 0.15) is 11.9 Å². The van der Waals surface area contributed by atoms with Crippen molar-refractivity contribution in [2.75, 3.05) is 13.2 Å². The average Bonchev–Trinajstić information content (AvgIpc) is 2.27. The number of rotatable bonds is 6. The molecule has 0 aliphatic rings. The Labute approximate surface area is 102 Å². The first-order valence-corrected chi connectivity index (χ1v) is 5.96. The molecule has 3 nitrogen and oxygen atoms in total. The molecule has 0 saturated carbocycles. The molecule has 0 N–H and O–H groups in total. The SMILES string of the molecule is CCOCC(C)Oc1cc(C)ncc1CCl. The second kappa shape index (κ2) is 6.71. The summed E-state index contributed by atoms with van der Waals surface area (Å²) in [4.78, 5) is 4.18. The molecule has 1 atom stereocenters. The zero-order valence-electron chi connectivity index (χ0n) is 10.00. The average molecular weight is 244 g/mol. The number of hydrogen-bond donors (Lipinski definition) is 0. The lowest BCUT2D eigenvalue weighted by atomic mass is 10.2. The van der Waals surface area contributed by atoms with Crippen molar-refractivity contribution < 1.29 is 9.47 Å². The number of hydrogen-bond acceptors (Lipinski definition) is 3. The molecule has 0 fully saturated rings. The molecule has 0 aliphatic heterocycles. The Bertz CT molecular complexity index is 331. The number of nitrogens with zero attached hydrogens (tertiary/aromatic N) is 1. The summed E-state index contributed by atoms with van der Waals surface area (Å²) in [5.41, 5.74) is 1.84. The molecule has 0 aliphatic carbocycles. The van der Waals surface area contributed by atoms with Crippen LogP contribution in [0.1, 0.15) is 25.1 Å². The van der Waals surface area contributed by atoms with Crippen LogP contribution in [0.3, 0.4) is 0 Å². The highest BCUT2D eigenvalue weighted by atomic mass is 35.5. The van der Waals surface area contributed by atoms with Crippen LogP contribution in [0.15, 0.2) is 12.3 Å². The fourth-order valence-electron chi connectivity index (χ4n) is 1.31. The summed E-state index contributed by atoms with van der Waals surface area (Å²) >= 11 is 5.82. The van der Waals surface area contributed by atoms with Crippen LogP contribution in [0.5, 0.6) is 5.75 Å². The second-order valence-corrected chi connectivity index (χ2v) is 3.92. The summed E-state index contributed by atoms with van der Waals surface area (Å²) in [7, 11) is 0. The third-order valence-corrected chi connectivity index (χ3v) is 2.40. The smallest absolute Gasteiger partial charge is 0.127 e. The highest BCUT2D eigenvalue weighted by Crippen LogP contribution is 2.21. The molecule has 0 aromatic carbocycles. The topological polar surface area (TPSA) is 31.4 Å². The van der Waals surface area contributed by atoms with Gasteiger partial charge in [-0.3, -0.25) is 4.98 Å². The van der Waals surface area contributed by atoms with E-state index in [-0.39, 0.29) is 6.10 Å². The Kier molecular flexibility index (Phi) is 5.56. The van der Waals surface area contributed by atoms with E-state index in [2.05, 4.69) is 4.98 Å². The van der Waals surface area contributed by atoms with Crippen LogP contribution >= 0.6 is 11.6 Å². The molecule has 16 heavy (non-hydrogen) atoms. The number of aromatic nitrogens is 1. The van der Waals surface area contributed by atoms with Gasteiger partial charge in [-0.2, -0.15) is 0 Å². The van der Waals surface area contributed by atoms with Gasteiger partial charge in [0.2, 0.25) is 0 Å². The molecule has 1 heterocycles. The summed E-state index contributed by atoms with van der Waals surface area (Å²) < 4.78 is 11.1. The summed E-state index contributed by atoms with van der Waals surface area (Å²) in [6, 6.07) is 1.90. The minimum atomic E-state index is 0.0173. The Balaban J connectivity index is 2.67. The second-order valence-electron chi connectivity index (χ2n) is 3.65. The lowest BCUT2D eigenvalue weighted by molar-refractivity contribution is 0.0652. The van der Waals surface area contributed by atoms with Gasteiger partial charge in [-0.1, -0.05) is 0 Å². The minimum Gasteiger partial charge on any atom is -0.488 e. The van der Waals surface area contributed by atoms with E-state index in [0.717, 1.165) is 17.0 Å². The maximum absolute atomic E-state index is 5.82. The largest absolute Gasteiger partial charge is 0.488 e. The molecular weight excluding hydrogens is 226 g/mol. The van der Waals surface area contributed by atoms with E-state index in [1.165, 1.54) is 0 Å². The summed E-state index contributed by atoms with van der Waals surface area (Å²) in [5, 5.41) is 0. The molecule has 0 spiro atoms. The van der Waals surface area contributed by atoms with Gasteiger partial charge in [0.15, 0.2) is 0 Å². The molecule has 4 heteroatoms. The molecule has 1 aromatic rings. The Morgan fingerprint density at radius 1 is 1.50 bits per heavy atom. The van der Waals surface area contributed by atoms with Crippen LogP contribution in [-0.2, 0) is 10.6 Å². The van der Waals surface area contributed by atoms with E-state index >= 15 is 0 Å². The van der Waals surface area contributed by atoms with Crippen LogP contribution in [-0.4, -0.2) is 24.3 Å². The number of ether oxygens (including phenoxy) is 2. The van der Waals surface area contributed by atoms with E-state index in [4.69, 9.17) is 21.1 Å². The van der Waals surface area contributed by atoms with Crippen LogP contribution in [0.25, 0.3) is 0 Å². The lowest BCUT2D eigenvalue weighted by Crippen LogP contribution is -2.19. The Morgan fingerprint density at radius 2 is 2.25 bits per heavy atom. The van der Waals surface area contributed by atoms with E-state index in [9.17, 15) is 0 Å². The van der Waals surface area contributed by atoms with E-state index < -0.39 is 0 Å². The van der Waals surface area contributed by atoms with Gasteiger partial charge in [0.25, 0.3) is 0 Å². The first-order chi connectivity index (χ1) is 7.67. The van der Waals surface area contributed by atoms with Gasteiger partial charge in [0, 0.05) is 30.1 Å². The predicted molar refractivity (Wildman–Crippen MR) is 65.1 cm³/mol. The Hall–Kier alpha value is -0.800. The monoisotopic (exact) mass is 243 g/mol. The van der Waals surface area contributed by atoms with Gasteiger partial charge < -0.3 is 9.47 Å². The lowest BCUT2D eigenvalue weighted by Gasteiger charge is -2.16. The number of aryl methyl sites for hydroxylation is 1. The van der Waals surface area contributed by atoms with Gasteiger partial charge in [-0.05, 0) is 20.8 Å². The highest BCUT2D eigenvalue weighted by Gasteiger charge is 2.08. The minimum absolute atomic E-state index is 0.0173. The molecule has 1 unspecified atom stereocenters. The molecule has 0 amide bonds. The summed E-state index contributed by atoms with van der Waals surface area (Å²) in [5.74, 6) is 1.21. The first kappa shape index (κ1) is 13.3. The molecule has 0 saturated heterocycles. The molecule has 90 valence electrons. The van der Waals surface area contributed by atoms with Crippen molar-refractivity contribution in [2.24, 2.45) is 0 Å². The van der Waals surface area contributed by atoms with Crippen LogP contribution in [0.2, 0.25) is 0 Å². The fraction of sp³-hybridized carbons (Fsp3) is 0.583. The molecule has 0 radical (unpaired) electrons. The Morgan fingerprint density at radius 3 is 2.88 bits per heavy atom. The van der Waals surface area contributed by atoms with Crippen molar-refractivity contribution in [1.82, 2.24) is 4.98 Å². The van der Waals surface area contributed by atoms with Crippen molar-refractivity contribution in [2.45, 2.75) is 32.8 Å². The first-order valence-electron chi connectivity index (χ1n) is 5.43. The van der Waals surface area contributed by atoms with Crippen LogP contribution in [0.4, 0.5) is 0 Å². The maximum Gasteiger partial charge on any atom is 0.127 e. The summed E-state index contributed by atoms with van der Waals surface area (Å²) in [6.45, 7) is 7.15. The molecule has 0 bridgehead atoms. The van der Waals surface area contributed by atoms with Gasteiger partial charge in [-0.15, -0.1) is 11.6 Å². The number of pyridine rings is 1. The molecule has 1 rings (SSSR count). The van der Waals surface area contributed by atoms with E-state index in [0.29, 0.717) is 19.1 Å². The van der Waals surface area contributed by atoms with E-state index in [1.54, 1.807) is 6.20 Å². The van der Waals surface area contributed by atoms with Crippen molar-refractivity contribution >= 4 is 11.6 Å². The number of alkyl halides is 1. The van der Waals surface area contributed by atoms with Gasteiger partial charge >= 0.3 is 0 Å². The molecule has 1 aromatic heterocycles. The van der Waals surface area contributed by atoms with Gasteiger partial charge in [-0.25, -0.2) is 0 Å². The molecular formula is C12H18ClNO2. The van der Waals surface area contributed by atoms with Crippen LogP contribution in [0, 0.1) is 6.92 Å². The zero-order chi connectivity index (χ0) is 12.0. The normalized spacial score (nSPS) is 12.5. The third-order valence-electron chi connectivity index (χ3n) is 2.11. The van der Waals surface area contributed by atoms with Crippen molar-refractivity contribution in [1.29, 1.82) is 0 Å². The maximum atomic E-state index is 5.82. The van der Waals surface area contributed by atoms with Gasteiger partial charge in [0.05, 0.1) is 12.5 Å². The standard InChI is InChI=1S/C12H18ClNO2/c1-4-15-8-10(3)16-12-5-9(2)14-7-11(12)6-13/h5,7,10H,4,6,8H2,1-3H3. The predicted octanol–water partition coefficient (Wildman–Crippen LogP) is 2.93. The highest BCUT2D eigenvalue weighted by molar-refractivity contribution is 6.17. The van der Waals surface area contributed by atoms with E-state index in [1.807, 2.05) is 26.8 Å². The zero-order valence-corrected chi connectivity index (χ0v) is 10.8. The summed E-state index contributed by atoms with van der Waals surface area (Å²) in [6.07, 6.45) is 1.77.